The normalized spacial score (nSPS) is 20.9. The Balaban J connectivity index is 0.877. The van der Waals surface area contributed by atoms with Crippen LogP contribution < -0.4 is 4.90 Å². The largest absolute Gasteiger partial charge is 0.311 e. The molecule has 0 saturated heterocycles. The van der Waals surface area contributed by atoms with Crippen LogP contribution in [0.5, 0.6) is 0 Å². The van der Waals surface area contributed by atoms with E-state index in [1.165, 1.54) is 93.8 Å². The fourth-order valence-electron chi connectivity index (χ4n) is 11.2. The zero-order valence-electron chi connectivity index (χ0n) is 33.1. The molecule has 3 bridgehead atoms. The van der Waals surface area contributed by atoms with E-state index in [4.69, 9.17) is 0 Å². The van der Waals surface area contributed by atoms with Gasteiger partial charge in [-0.2, -0.15) is 0 Å². The van der Waals surface area contributed by atoms with Gasteiger partial charge in [-0.15, -0.1) is 0 Å². The Labute approximate surface area is 343 Å². The summed E-state index contributed by atoms with van der Waals surface area (Å²) in [6.45, 7) is 0. The standard InChI is InChI=1S/C57H49N/c1-3-8-41(9-4-1)43-19-26-51(27-20-43)58(52-28-21-44(22-29-52)42-10-5-2-6-11-42)53-30-23-45(24-31-53)48-25-33-55-49(38-48)12-7-13-54(55)46-15-17-47(18-16-46)57-37-40-34-39-14-32-56(57)50(35-39)36-40/h1-13,15-31,33,38-40,50,56-57H,14,32,34-37H2. The van der Waals surface area contributed by atoms with E-state index >= 15 is 0 Å². The predicted octanol–water partition coefficient (Wildman–Crippen LogP) is 15.9. The van der Waals surface area contributed by atoms with E-state index in [-0.39, 0.29) is 0 Å². The van der Waals surface area contributed by atoms with Crippen molar-refractivity contribution in [2.24, 2.45) is 23.7 Å². The minimum absolute atomic E-state index is 0.757. The van der Waals surface area contributed by atoms with E-state index in [0.717, 1.165) is 46.7 Å². The second-order valence-electron chi connectivity index (χ2n) is 17.4. The zero-order valence-corrected chi connectivity index (χ0v) is 33.1. The van der Waals surface area contributed by atoms with Crippen molar-refractivity contribution in [3.63, 3.8) is 0 Å². The lowest BCUT2D eigenvalue weighted by molar-refractivity contribution is 0.0152. The van der Waals surface area contributed by atoms with Crippen LogP contribution in [0.2, 0.25) is 0 Å². The topological polar surface area (TPSA) is 3.24 Å². The van der Waals surface area contributed by atoms with Crippen molar-refractivity contribution in [3.8, 4) is 44.5 Å². The Morgan fingerprint density at radius 3 is 1.48 bits per heavy atom. The fraction of sp³-hybridized carbons (Fsp3) is 0.193. The van der Waals surface area contributed by atoms with Gasteiger partial charge >= 0.3 is 0 Å². The van der Waals surface area contributed by atoms with Crippen LogP contribution in [-0.2, 0) is 0 Å². The van der Waals surface area contributed by atoms with Crippen molar-refractivity contribution in [2.75, 3.05) is 4.90 Å². The molecule has 8 aromatic carbocycles. The van der Waals surface area contributed by atoms with Crippen molar-refractivity contribution in [1.29, 1.82) is 0 Å². The third kappa shape index (κ3) is 6.63. The third-order valence-corrected chi connectivity index (χ3v) is 14.0. The molecule has 58 heavy (non-hydrogen) atoms. The highest BCUT2D eigenvalue weighted by Gasteiger charge is 2.45. The van der Waals surface area contributed by atoms with Crippen molar-refractivity contribution in [2.45, 2.75) is 44.4 Å². The van der Waals surface area contributed by atoms with Crippen molar-refractivity contribution < 1.29 is 0 Å². The molecule has 0 aliphatic heterocycles. The minimum Gasteiger partial charge on any atom is -0.311 e. The molecule has 0 radical (unpaired) electrons. The molecular formula is C57H49N. The maximum absolute atomic E-state index is 2.47. The van der Waals surface area contributed by atoms with Crippen LogP contribution in [0.3, 0.4) is 0 Å². The van der Waals surface area contributed by atoms with Crippen LogP contribution in [0.15, 0.2) is 194 Å². The second kappa shape index (κ2) is 15.0. The molecule has 3 aliphatic carbocycles. The number of rotatable bonds is 8. The Morgan fingerprint density at radius 1 is 0.362 bits per heavy atom. The molecule has 5 atom stereocenters. The molecular weight excluding hydrogens is 699 g/mol. The summed E-state index contributed by atoms with van der Waals surface area (Å²) in [7, 11) is 0. The minimum atomic E-state index is 0.757. The van der Waals surface area contributed by atoms with Gasteiger partial charge in [0.15, 0.2) is 0 Å². The molecule has 3 fully saturated rings. The molecule has 0 spiro atoms. The Kier molecular flexibility index (Phi) is 9.03. The molecule has 3 saturated carbocycles. The lowest BCUT2D eigenvalue weighted by Gasteiger charge is -2.52. The molecule has 1 nitrogen and oxygen atoms in total. The van der Waals surface area contributed by atoms with E-state index in [9.17, 15) is 0 Å². The van der Waals surface area contributed by atoms with Gasteiger partial charge in [-0.25, -0.2) is 0 Å². The van der Waals surface area contributed by atoms with Crippen LogP contribution in [0, 0.1) is 23.7 Å². The fourth-order valence-corrected chi connectivity index (χ4v) is 11.2. The summed E-state index contributed by atoms with van der Waals surface area (Å²) >= 11 is 0. The molecule has 0 aromatic heterocycles. The number of nitrogens with zero attached hydrogens (tertiary/aromatic N) is 1. The van der Waals surface area contributed by atoms with Crippen LogP contribution in [0.4, 0.5) is 17.1 Å². The smallest absolute Gasteiger partial charge is 0.0462 e. The first-order chi connectivity index (χ1) is 28.7. The first-order valence-electron chi connectivity index (χ1n) is 21.5. The molecule has 8 aromatic rings. The Hall–Kier alpha value is -6.18. The highest BCUT2D eigenvalue weighted by molar-refractivity contribution is 5.99. The summed E-state index contributed by atoms with van der Waals surface area (Å²) in [6, 6.07) is 71.7. The van der Waals surface area contributed by atoms with Gasteiger partial charge in [-0.1, -0.05) is 158 Å². The molecule has 0 heterocycles. The average molecular weight is 748 g/mol. The van der Waals surface area contributed by atoms with Gasteiger partial charge in [-0.05, 0) is 165 Å². The van der Waals surface area contributed by atoms with E-state index in [1.54, 1.807) is 5.56 Å². The van der Waals surface area contributed by atoms with Crippen LogP contribution in [-0.4, -0.2) is 0 Å². The van der Waals surface area contributed by atoms with Crippen LogP contribution >= 0.6 is 0 Å². The molecule has 5 unspecified atom stereocenters. The maximum atomic E-state index is 2.47. The van der Waals surface area contributed by atoms with Crippen molar-refractivity contribution in [1.82, 2.24) is 0 Å². The first kappa shape index (κ1) is 35.0. The average Bonchev–Trinajstić information content (AvgIpc) is 3.29. The molecule has 1 heteroatoms. The monoisotopic (exact) mass is 747 g/mol. The Morgan fingerprint density at radius 2 is 0.879 bits per heavy atom. The van der Waals surface area contributed by atoms with Gasteiger partial charge < -0.3 is 4.90 Å². The van der Waals surface area contributed by atoms with E-state index in [0.29, 0.717) is 0 Å². The van der Waals surface area contributed by atoms with Crippen molar-refractivity contribution in [3.05, 3.63) is 200 Å². The lowest BCUT2D eigenvalue weighted by atomic mass is 9.53. The number of hydrogen-bond donors (Lipinski definition) is 0. The Bertz CT molecular complexity index is 2570. The summed E-state index contributed by atoms with van der Waals surface area (Å²) < 4.78 is 0. The number of hydrogen-bond acceptors (Lipinski definition) is 1. The molecule has 0 N–H and O–H groups in total. The van der Waals surface area contributed by atoms with Gasteiger partial charge in [0.2, 0.25) is 0 Å². The van der Waals surface area contributed by atoms with Crippen LogP contribution in [0.1, 0.15) is 50.0 Å². The van der Waals surface area contributed by atoms with Gasteiger partial charge in [0.1, 0.15) is 0 Å². The maximum Gasteiger partial charge on any atom is 0.0462 e. The van der Waals surface area contributed by atoms with Gasteiger partial charge in [-0.3, -0.25) is 0 Å². The van der Waals surface area contributed by atoms with Gasteiger partial charge in [0.05, 0.1) is 0 Å². The van der Waals surface area contributed by atoms with Gasteiger partial charge in [0, 0.05) is 17.1 Å². The highest BCUT2D eigenvalue weighted by Crippen LogP contribution is 2.57. The highest BCUT2D eigenvalue weighted by atomic mass is 15.1. The summed E-state index contributed by atoms with van der Waals surface area (Å²) in [4.78, 5) is 2.36. The number of benzene rings is 8. The van der Waals surface area contributed by atoms with Gasteiger partial charge in [0.25, 0.3) is 0 Å². The lowest BCUT2D eigenvalue weighted by Crippen LogP contribution is -2.41. The quantitative estimate of drug-likeness (QED) is 0.150. The summed E-state index contributed by atoms with van der Waals surface area (Å²) in [5.74, 6) is 4.64. The summed E-state index contributed by atoms with van der Waals surface area (Å²) in [5, 5.41) is 2.59. The van der Waals surface area contributed by atoms with E-state index in [2.05, 4.69) is 199 Å². The van der Waals surface area contributed by atoms with E-state index in [1.807, 2.05) is 0 Å². The first-order valence-corrected chi connectivity index (χ1v) is 21.5. The number of fused-ring (bicyclic) bond motifs is 3. The third-order valence-electron chi connectivity index (χ3n) is 14.0. The second-order valence-corrected chi connectivity index (χ2v) is 17.4. The SMILES string of the molecule is c1ccc(-c2ccc(N(c3ccc(-c4ccccc4)cc3)c3ccc(-c4ccc5c(-c6ccc(C7CC8CC9CCC7C(C9)C8)cc6)cccc5c4)cc3)cc2)cc1. The van der Waals surface area contributed by atoms with E-state index < -0.39 is 0 Å². The molecule has 0 amide bonds. The molecule has 3 aliphatic rings. The summed E-state index contributed by atoms with van der Waals surface area (Å²) in [6.07, 6.45) is 8.84. The van der Waals surface area contributed by atoms with Crippen molar-refractivity contribution >= 4 is 27.8 Å². The summed E-state index contributed by atoms with van der Waals surface area (Å²) in [5.41, 5.74) is 14.9. The number of anilines is 3. The predicted molar refractivity (Wildman–Crippen MR) is 245 cm³/mol. The van der Waals surface area contributed by atoms with Crippen LogP contribution in [0.25, 0.3) is 55.3 Å². The molecule has 11 rings (SSSR count). The zero-order chi connectivity index (χ0) is 38.4. The molecule has 282 valence electrons.